The summed E-state index contributed by atoms with van der Waals surface area (Å²) >= 11 is 0. The average Bonchev–Trinajstić information content (AvgIpc) is 2.01. The molecule has 70 valence electrons. The molecule has 0 atom stereocenters. The van der Waals surface area contributed by atoms with Gasteiger partial charge in [0, 0.05) is 0 Å². The summed E-state index contributed by atoms with van der Waals surface area (Å²) in [7, 11) is 2.25. The monoisotopic (exact) mass is 167 g/mol. The third kappa shape index (κ3) is 1.66. The van der Waals surface area contributed by atoms with E-state index in [0.29, 0.717) is 0 Å². The maximum Gasteiger partial charge on any atom is -0.00190 e. The van der Waals surface area contributed by atoms with Crippen molar-refractivity contribution < 1.29 is 0 Å². The number of hydrogen-bond donors (Lipinski definition) is 0. The second-order valence-corrected chi connectivity index (χ2v) is 4.98. The molecule has 1 heterocycles. The molecule has 1 saturated carbocycles. The van der Waals surface area contributed by atoms with Crippen molar-refractivity contribution in [3.63, 3.8) is 0 Å². The normalized spacial score (nSPS) is 39.5. The molecule has 1 aliphatic heterocycles. The van der Waals surface area contributed by atoms with Crippen LogP contribution in [-0.4, -0.2) is 25.0 Å². The van der Waals surface area contributed by atoms with Gasteiger partial charge >= 0.3 is 0 Å². The van der Waals surface area contributed by atoms with Gasteiger partial charge < -0.3 is 4.90 Å². The predicted octanol–water partition coefficient (Wildman–Crippen LogP) is 2.37. The third-order valence-corrected chi connectivity index (χ3v) is 3.84. The number of rotatable bonds is 1. The molecule has 0 amide bonds. The first-order valence-corrected chi connectivity index (χ1v) is 5.44. The topological polar surface area (TPSA) is 3.24 Å². The number of piperidine rings is 1. The smallest absolute Gasteiger partial charge is 0.00190 e. The summed E-state index contributed by atoms with van der Waals surface area (Å²) in [4.78, 5) is 2.47. The summed E-state index contributed by atoms with van der Waals surface area (Å²) in [5, 5.41) is 0. The zero-order valence-corrected chi connectivity index (χ0v) is 8.42. The van der Waals surface area contributed by atoms with Gasteiger partial charge in [-0.1, -0.05) is 6.92 Å². The van der Waals surface area contributed by atoms with Crippen molar-refractivity contribution in [3.8, 4) is 0 Å². The molecule has 0 radical (unpaired) electrons. The fraction of sp³-hybridized carbons (Fsp3) is 1.00. The van der Waals surface area contributed by atoms with E-state index in [0.717, 1.165) is 17.8 Å². The zero-order valence-electron chi connectivity index (χ0n) is 8.42. The van der Waals surface area contributed by atoms with Crippen LogP contribution in [0.25, 0.3) is 0 Å². The van der Waals surface area contributed by atoms with Gasteiger partial charge in [-0.2, -0.15) is 0 Å². The number of hydrogen-bond acceptors (Lipinski definition) is 1. The van der Waals surface area contributed by atoms with E-state index < -0.39 is 0 Å². The minimum absolute atomic E-state index is 1.04. The summed E-state index contributed by atoms with van der Waals surface area (Å²) in [6, 6.07) is 0. The number of likely N-dealkylation sites (tertiary alicyclic amines) is 1. The Labute approximate surface area is 76.1 Å². The minimum Gasteiger partial charge on any atom is -0.306 e. The van der Waals surface area contributed by atoms with Crippen LogP contribution in [0.4, 0.5) is 0 Å². The summed E-state index contributed by atoms with van der Waals surface area (Å²) in [6.45, 7) is 5.08. The van der Waals surface area contributed by atoms with Crippen LogP contribution in [0.1, 0.15) is 32.6 Å². The molecular weight excluding hydrogens is 146 g/mol. The third-order valence-electron chi connectivity index (χ3n) is 3.84. The van der Waals surface area contributed by atoms with Gasteiger partial charge in [0.25, 0.3) is 0 Å². The van der Waals surface area contributed by atoms with Crippen LogP contribution in [0.15, 0.2) is 0 Å². The van der Waals surface area contributed by atoms with Crippen LogP contribution in [0.2, 0.25) is 0 Å². The molecule has 0 aromatic heterocycles. The molecule has 0 bridgehead atoms. The molecule has 1 saturated heterocycles. The van der Waals surface area contributed by atoms with Crippen molar-refractivity contribution in [3.05, 3.63) is 0 Å². The van der Waals surface area contributed by atoms with Gasteiger partial charge in [-0.15, -0.1) is 0 Å². The lowest BCUT2D eigenvalue weighted by molar-refractivity contribution is 0.0845. The van der Waals surface area contributed by atoms with Gasteiger partial charge in [0.1, 0.15) is 0 Å². The molecule has 2 aliphatic rings. The van der Waals surface area contributed by atoms with E-state index in [-0.39, 0.29) is 0 Å². The fourth-order valence-electron chi connectivity index (χ4n) is 2.85. The van der Waals surface area contributed by atoms with Gasteiger partial charge in [-0.25, -0.2) is 0 Å². The molecule has 0 aromatic carbocycles. The van der Waals surface area contributed by atoms with Crippen LogP contribution in [0.3, 0.4) is 0 Å². The molecule has 0 N–H and O–H groups in total. The summed E-state index contributed by atoms with van der Waals surface area (Å²) < 4.78 is 0. The molecule has 0 spiro atoms. The lowest BCUT2D eigenvalue weighted by Gasteiger charge is -2.42. The van der Waals surface area contributed by atoms with Crippen molar-refractivity contribution >= 4 is 0 Å². The highest BCUT2D eigenvalue weighted by Gasteiger charge is 2.33. The average molecular weight is 167 g/mol. The van der Waals surface area contributed by atoms with Gasteiger partial charge in [-0.3, -0.25) is 0 Å². The largest absolute Gasteiger partial charge is 0.306 e. The molecule has 1 nitrogen and oxygen atoms in total. The van der Waals surface area contributed by atoms with E-state index in [1.807, 2.05) is 0 Å². The first-order valence-electron chi connectivity index (χ1n) is 5.44. The Hall–Kier alpha value is -0.0400. The second kappa shape index (κ2) is 3.37. The predicted molar refractivity (Wildman–Crippen MR) is 52.1 cm³/mol. The lowest BCUT2D eigenvalue weighted by atomic mass is 9.67. The standard InChI is InChI=1S/C11H21N/c1-9-7-11(8-9)10-3-5-12(2)6-4-10/h9-11H,3-8H2,1-2H3. The quantitative estimate of drug-likeness (QED) is 0.579. The Morgan fingerprint density at radius 1 is 1.00 bits per heavy atom. The molecule has 12 heavy (non-hydrogen) atoms. The maximum absolute atomic E-state index is 2.47. The summed E-state index contributed by atoms with van der Waals surface area (Å²) in [6.07, 6.45) is 5.98. The molecule has 0 aromatic rings. The van der Waals surface area contributed by atoms with Crippen LogP contribution >= 0.6 is 0 Å². The lowest BCUT2D eigenvalue weighted by Crippen LogP contribution is -2.37. The molecule has 2 fully saturated rings. The van der Waals surface area contributed by atoms with E-state index in [2.05, 4.69) is 18.9 Å². The maximum atomic E-state index is 2.47. The SMILES string of the molecule is CC1CC(C2CCN(C)CC2)C1. The number of nitrogens with zero attached hydrogens (tertiary/aromatic N) is 1. The van der Waals surface area contributed by atoms with E-state index in [1.165, 1.54) is 38.8 Å². The van der Waals surface area contributed by atoms with Gasteiger partial charge in [-0.05, 0) is 63.6 Å². The van der Waals surface area contributed by atoms with Crippen LogP contribution in [0, 0.1) is 17.8 Å². The van der Waals surface area contributed by atoms with E-state index in [9.17, 15) is 0 Å². The van der Waals surface area contributed by atoms with Crippen LogP contribution < -0.4 is 0 Å². The Morgan fingerprint density at radius 2 is 1.58 bits per heavy atom. The van der Waals surface area contributed by atoms with Crippen molar-refractivity contribution in [2.24, 2.45) is 17.8 Å². The first kappa shape index (κ1) is 8.55. The molecule has 1 heteroatoms. The van der Waals surface area contributed by atoms with Gasteiger partial charge in [0.15, 0.2) is 0 Å². The summed E-state index contributed by atoms with van der Waals surface area (Å²) in [5.41, 5.74) is 0. The molecule has 2 rings (SSSR count). The highest BCUT2D eigenvalue weighted by atomic mass is 15.1. The van der Waals surface area contributed by atoms with Crippen molar-refractivity contribution in [2.45, 2.75) is 32.6 Å². The van der Waals surface area contributed by atoms with Gasteiger partial charge in [0.05, 0.1) is 0 Å². The molecular formula is C11H21N. The molecule has 1 aliphatic carbocycles. The van der Waals surface area contributed by atoms with Crippen molar-refractivity contribution in [1.82, 2.24) is 4.90 Å². The van der Waals surface area contributed by atoms with Crippen molar-refractivity contribution in [1.29, 1.82) is 0 Å². The van der Waals surface area contributed by atoms with Gasteiger partial charge in [0.2, 0.25) is 0 Å². The Kier molecular flexibility index (Phi) is 2.40. The zero-order chi connectivity index (χ0) is 8.55. The minimum atomic E-state index is 1.04. The Bertz CT molecular complexity index is 141. The fourth-order valence-corrected chi connectivity index (χ4v) is 2.85. The summed E-state index contributed by atoms with van der Waals surface area (Å²) in [5.74, 6) is 3.22. The first-order chi connectivity index (χ1) is 5.75. The Morgan fingerprint density at radius 3 is 2.08 bits per heavy atom. The van der Waals surface area contributed by atoms with E-state index >= 15 is 0 Å². The highest BCUT2D eigenvalue weighted by molar-refractivity contribution is 4.84. The van der Waals surface area contributed by atoms with E-state index in [1.54, 1.807) is 0 Å². The van der Waals surface area contributed by atoms with Crippen LogP contribution in [0.5, 0.6) is 0 Å². The molecule has 0 unspecified atom stereocenters. The van der Waals surface area contributed by atoms with Crippen LogP contribution in [-0.2, 0) is 0 Å². The Balaban J connectivity index is 1.75. The van der Waals surface area contributed by atoms with E-state index in [4.69, 9.17) is 0 Å². The second-order valence-electron chi connectivity index (χ2n) is 4.98. The highest BCUT2D eigenvalue weighted by Crippen LogP contribution is 2.42. The van der Waals surface area contributed by atoms with Crippen molar-refractivity contribution in [2.75, 3.05) is 20.1 Å².